The van der Waals surface area contributed by atoms with Crippen LogP contribution in [0, 0.1) is 0 Å². The second kappa shape index (κ2) is 7.54. The highest BCUT2D eigenvalue weighted by atomic mass is 16.4. The van der Waals surface area contributed by atoms with Gasteiger partial charge in [0.1, 0.15) is 5.82 Å². The van der Waals surface area contributed by atoms with Crippen molar-refractivity contribution < 1.29 is 9.90 Å². The van der Waals surface area contributed by atoms with E-state index in [1.54, 1.807) is 18.6 Å². The van der Waals surface area contributed by atoms with E-state index in [0.29, 0.717) is 19.6 Å². The van der Waals surface area contributed by atoms with Crippen molar-refractivity contribution in [1.82, 2.24) is 19.4 Å². The van der Waals surface area contributed by atoms with Crippen LogP contribution in [0.1, 0.15) is 24.7 Å². The smallest absolute Gasteiger partial charge is 0.304 e. The standard InChI is InChI=1S/C15H20N4O2/c1-2-19-9-7-17-14(19)12-18(8-5-15(20)21)11-13-4-3-6-16-10-13/h3-4,6-7,9-10H,2,5,8,11-12H2,1H3,(H,20,21). The summed E-state index contributed by atoms with van der Waals surface area (Å²) in [7, 11) is 0. The number of carboxylic acid groups (broad SMARTS) is 1. The Morgan fingerprint density at radius 1 is 1.38 bits per heavy atom. The van der Waals surface area contributed by atoms with Gasteiger partial charge < -0.3 is 9.67 Å². The lowest BCUT2D eigenvalue weighted by Crippen LogP contribution is -2.27. The Labute approximate surface area is 124 Å². The predicted molar refractivity (Wildman–Crippen MR) is 78.5 cm³/mol. The molecule has 0 atom stereocenters. The van der Waals surface area contributed by atoms with E-state index in [9.17, 15) is 4.79 Å². The number of aliphatic carboxylic acids is 1. The predicted octanol–water partition coefficient (Wildman–Crippen LogP) is 1.77. The maximum absolute atomic E-state index is 10.8. The molecule has 6 nitrogen and oxygen atoms in total. The van der Waals surface area contributed by atoms with Gasteiger partial charge in [0.15, 0.2) is 0 Å². The third-order valence-corrected chi connectivity index (χ3v) is 3.28. The number of aromatic nitrogens is 3. The molecule has 112 valence electrons. The normalized spacial score (nSPS) is 11.0. The van der Waals surface area contributed by atoms with E-state index in [1.807, 2.05) is 18.3 Å². The Kier molecular flexibility index (Phi) is 5.45. The summed E-state index contributed by atoms with van der Waals surface area (Å²) in [6, 6.07) is 3.88. The minimum absolute atomic E-state index is 0.118. The van der Waals surface area contributed by atoms with Crippen molar-refractivity contribution in [3.8, 4) is 0 Å². The fourth-order valence-corrected chi connectivity index (χ4v) is 2.20. The van der Waals surface area contributed by atoms with Gasteiger partial charge in [-0.3, -0.25) is 14.7 Å². The molecule has 0 fully saturated rings. The molecule has 0 aliphatic carbocycles. The average molecular weight is 288 g/mol. The van der Waals surface area contributed by atoms with Crippen LogP contribution in [0.25, 0.3) is 0 Å². The molecule has 2 aromatic rings. The second-order valence-corrected chi connectivity index (χ2v) is 4.85. The molecule has 6 heteroatoms. The summed E-state index contributed by atoms with van der Waals surface area (Å²) in [4.78, 5) is 21.4. The Bertz CT molecular complexity index is 568. The van der Waals surface area contributed by atoms with Crippen LogP contribution in [0.4, 0.5) is 0 Å². The number of carboxylic acids is 1. The number of rotatable bonds is 8. The minimum Gasteiger partial charge on any atom is -0.481 e. The van der Waals surface area contributed by atoms with Crippen LogP contribution in [0.5, 0.6) is 0 Å². The van der Waals surface area contributed by atoms with E-state index in [2.05, 4.69) is 26.4 Å². The first-order chi connectivity index (χ1) is 10.2. The summed E-state index contributed by atoms with van der Waals surface area (Å²) in [5, 5.41) is 8.90. The molecule has 2 heterocycles. The summed E-state index contributed by atoms with van der Waals surface area (Å²) in [6.07, 6.45) is 7.37. The maximum atomic E-state index is 10.8. The van der Waals surface area contributed by atoms with Crippen molar-refractivity contribution in [1.29, 1.82) is 0 Å². The molecular formula is C15H20N4O2. The number of pyridine rings is 1. The van der Waals surface area contributed by atoms with Crippen LogP contribution < -0.4 is 0 Å². The van der Waals surface area contributed by atoms with Crippen molar-refractivity contribution in [3.05, 3.63) is 48.3 Å². The van der Waals surface area contributed by atoms with Gasteiger partial charge in [-0.25, -0.2) is 4.98 Å². The summed E-state index contributed by atoms with van der Waals surface area (Å²) in [5.41, 5.74) is 1.07. The molecule has 0 radical (unpaired) electrons. The molecule has 0 aliphatic heterocycles. The molecule has 21 heavy (non-hydrogen) atoms. The SMILES string of the molecule is CCn1ccnc1CN(CCC(=O)O)Cc1cccnc1. The van der Waals surface area contributed by atoms with Gasteiger partial charge in [0.25, 0.3) is 0 Å². The van der Waals surface area contributed by atoms with E-state index in [4.69, 9.17) is 5.11 Å². The molecule has 0 saturated heterocycles. The number of aryl methyl sites for hydroxylation is 1. The number of carbonyl (C=O) groups is 1. The lowest BCUT2D eigenvalue weighted by atomic mass is 10.2. The summed E-state index contributed by atoms with van der Waals surface area (Å²) in [5.74, 6) is 0.164. The van der Waals surface area contributed by atoms with E-state index in [1.165, 1.54) is 0 Å². The summed E-state index contributed by atoms with van der Waals surface area (Å²) in [6.45, 7) is 4.70. The van der Waals surface area contributed by atoms with Gasteiger partial charge in [0.05, 0.1) is 13.0 Å². The highest BCUT2D eigenvalue weighted by Crippen LogP contribution is 2.09. The number of nitrogens with zero attached hydrogens (tertiary/aromatic N) is 4. The molecule has 0 amide bonds. The van der Waals surface area contributed by atoms with Crippen LogP contribution in [0.15, 0.2) is 36.9 Å². The maximum Gasteiger partial charge on any atom is 0.304 e. The lowest BCUT2D eigenvalue weighted by molar-refractivity contribution is -0.137. The summed E-state index contributed by atoms with van der Waals surface area (Å²) < 4.78 is 2.07. The average Bonchev–Trinajstić information content (AvgIpc) is 2.93. The van der Waals surface area contributed by atoms with Crippen LogP contribution in [-0.4, -0.2) is 37.1 Å². The molecular weight excluding hydrogens is 268 g/mol. The molecule has 2 rings (SSSR count). The molecule has 0 unspecified atom stereocenters. The molecule has 0 aliphatic rings. The first kappa shape index (κ1) is 15.2. The fraction of sp³-hybridized carbons (Fsp3) is 0.400. The van der Waals surface area contributed by atoms with Crippen LogP contribution in [0.3, 0.4) is 0 Å². The van der Waals surface area contributed by atoms with Gasteiger partial charge in [-0.05, 0) is 18.6 Å². The number of hydrogen-bond donors (Lipinski definition) is 1. The Morgan fingerprint density at radius 3 is 2.90 bits per heavy atom. The highest BCUT2D eigenvalue weighted by molar-refractivity contribution is 5.66. The van der Waals surface area contributed by atoms with Gasteiger partial charge in [-0.1, -0.05) is 6.07 Å². The highest BCUT2D eigenvalue weighted by Gasteiger charge is 2.12. The van der Waals surface area contributed by atoms with Gasteiger partial charge in [-0.2, -0.15) is 0 Å². The van der Waals surface area contributed by atoms with E-state index >= 15 is 0 Å². The van der Waals surface area contributed by atoms with Crippen LogP contribution in [-0.2, 0) is 24.4 Å². The largest absolute Gasteiger partial charge is 0.481 e. The third kappa shape index (κ3) is 4.68. The van der Waals surface area contributed by atoms with Crippen molar-refractivity contribution in [2.24, 2.45) is 0 Å². The van der Waals surface area contributed by atoms with Crippen molar-refractivity contribution in [2.45, 2.75) is 33.0 Å². The van der Waals surface area contributed by atoms with Gasteiger partial charge >= 0.3 is 5.97 Å². The first-order valence-electron chi connectivity index (χ1n) is 7.02. The van der Waals surface area contributed by atoms with Gasteiger partial charge in [0, 0.05) is 44.4 Å². The van der Waals surface area contributed by atoms with Crippen LogP contribution >= 0.6 is 0 Å². The first-order valence-corrected chi connectivity index (χ1v) is 7.02. The minimum atomic E-state index is -0.787. The van der Waals surface area contributed by atoms with Crippen LogP contribution in [0.2, 0.25) is 0 Å². The lowest BCUT2D eigenvalue weighted by Gasteiger charge is -2.21. The third-order valence-electron chi connectivity index (χ3n) is 3.28. The molecule has 0 aromatic carbocycles. The zero-order chi connectivity index (χ0) is 15.1. The van der Waals surface area contributed by atoms with Crippen molar-refractivity contribution in [3.63, 3.8) is 0 Å². The Hall–Kier alpha value is -2.21. The molecule has 0 saturated carbocycles. The van der Waals surface area contributed by atoms with Crippen molar-refractivity contribution in [2.75, 3.05) is 6.54 Å². The Balaban J connectivity index is 2.06. The summed E-state index contributed by atoms with van der Waals surface area (Å²) >= 11 is 0. The van der Waals surface area contributed by atoms with Gasteiger partial charge in [0.2, 0.25) is 0 Å². The molecule has 1 N–H and O–H groups in total. The topological polar surface area (TPSA) is 71.2 Å². The van der Waals surface area contributed by atoms with Gasteiger partial charge in [-0.15, -0.1) is 0 Å². The number of imidazole rings is 1. The molecule has 0 bridgehead atoms. The molecule has 2 aromatic heterocycles. The van der Waals surface area contributed by atoms with E-state index < -0.39 is 5.97 Å². The zero-order valence-corrected chi connectivity index (χ0v) is 12.1. The Morgan fingerprint density at radius 2 is 2.24 bits per heavy atom. The second-order valence-electron chi connectivity index (χ2n) is 4.85. The fourth-order valence-electron chi connectivity index (χ4n) is 2.20. The zero-order valence-electron chi connectivity index (χ0n) is 12.1. The van der Waals surface area contributed by atoms with Crippen molar-refractivity contribution >= 4 is 5.97 Å². The number of hydrogen-bond acceptors (Lipinski definition) is 4. The van der Waals surface area contributed by atoms with E-state index in [-0.39, 0.29) is 6.42 Å². The monoisotopic (exact) mass is 288 g/mol. The van der Waals surface area contributed by atoms with E-state index in [0.717, 1.165) is 17.9 Å². The quantitative estimate of drug-likeness (QED) is 0.801. The molecule has 0 spiro atoms.